The van der Waals surface area contributed by atoms with Crippen LogP contribution in [0.2, 0.25) is 0 Å². The highest BCUT2D eigenvalue weighted by molar-refractivity contribution is 5.92. The number of hydrogen-bond donors (Lipinski definition) is 3. The van der Waals surface area contributed by atoms with Crippen molar-refractivity contribution in [3.8, 4) is 17.2 Å². The van der Waals surface area contributed by atoms with Crippen molar-refractivity contribution in [2.75, 3.05) is 24.3 Å². The van der Waals surface area contributed by atoms with E-state index in [4.69, 9.17) is 9.15 Å². The molecule has 3 aromatic rings. The molecule has 2 aromatic carbocycles. The van der Waals surface area contributed by atoms with Crippen LogP contribution < -0.4 is 20.7 Å². The van der Waals surface area contributed by atoms with Gasteiger partial charge in [0.05, 0.1) is 18.5 Å². The van der Waals surface area contributed by atoms with Gasteiger partial charge in [-0.3, -0.25) is 4.79 Å². The number of aromatic nitrogens is 1. The molecule has 0 saturated heterocycles. The topological polar surface area (TPSA) is 105 Å². The molecule has 0 bridgehead atoms. The number of hydrogen-bond acceptors (Lipinski definition) is 5. The molecule has 1 aromatic heterocycles. The number of methoxy groups -OCH3 is 1. The van der Waals surface area contributed by atoms with Crippen molar-refractivity contribution in [1.29, 1.82) is 0 Å². The molecule has 3 rings (SSSR count). The molecule has 30 heavy (non-hydrogen) atoms. The van der Waals surface area contributed by atoms with Crippen molar-refractivity contribution in [1.82, 2.24) is 10.3 Å². The summed E-state index contributed by atoms with van der Waals surface area (Å²) in [5.74, 6) is 0.229. The average molecular weight is 412 g/mol. The van der Waals surface area contributed by atoms with Crippen LogP contribution in [0, 0.1) is 5.82 Å². The predicted molar refractivity (Wildman–Crippen MR) is 110 cm³/mol. The van der Waals surface area contributed by atoms with Crippen molar-refractivity contribution in [3.63, 3.8) is 0 Å². The summed E-state index contributed by atoms with van der Waals surface area (Å²) in [4.78, 5) is 27.6. The van der Waals surface area contributed by atoms with Crippen LogP contribution in [0.4, 0.5) is 20.6 Å². The first-order valence-corrected chi connectivity index (χ1v) is 9.15. The maximum absolute atomic E-state index is 13.7. The summed E-state index contributed by atoms with van der Waals surface area (Å²) in [7, 11) is 1.60. The maximum Gasteiger partial charge on any atom is 0.319 e. The number of carbonyl (C=O) groups excluding carboxylic acids is 2. The molecule has 0 radical (unpaired) electrons. The van der Waals surface area contributed by atoms with Crippen molar-refractivity contribution >= 4 is 23.3 Å². The SMILES string of the molecule is COc1ccc(-c2nc(CCNC(=O)Nc3ccc(F)c(NC(C)=O)c3)co2)cc1. The Bertz CT molecular complexity index is 1030. The van der Waals surface area contributed by atoms with Gasteiger partial charge in [0.2, 0.25) is 11.8 Å². The first-order valence-electron chi connectivity index (χ1n) is 9.15. The van der Waals surface area contributed by atoms with Gasteiger partial charge in [0.15, 0.2) is 0 Å². The van der Waals surface area contributed by atoms with Crippen LogP contribution in [0.15, 0.2) is 53.1 Å². The summed E-state index contributed by atoms with van der Waals surface area (Å²) in [5, 5.41) is 7.64. The van der Waals surface area contributed by atoms with Crippen molar-refractivity contribution < 1.29 is 23.1 Å². The van der Waals surface area contributed by atoms with E-state index in [2.05, 4.69) is 20.9 Å². The van der Waals surface area contributed by atoms with Gasteiger partial charge < -0.3 is 25.1 Å². The highest BCUT2D eigenvalue weighted by Gasteiger charge is 2.09. The van der Waals surface area contributed by atoms with Crippen LogP contribution in [-0.4, -0.2) is 30.6 Å². The van der Waals surface area contributed by atoms with E-state index in [0.29, 0.717) is 30.2 Å². The lowest BCUT2D eigenvalue weighted by Crippen LogP contribution is -2.30. The van der Waals surface area contributed by atoms with Gasteiger partial charge in [0.25, 0.3) is 0 Å². The molecule has 8 nitrogen and oxygen atoms in total. The summed E-state index contributed by atoms with van der Waals surface area (Å²) in [6, 6.07) is 10.8. The third-order valence-electron chi connectivity index (χ3n) is 4.09. The molecular weight excluding hydrogens is 391 g/mol. The quantitative estimate of drug-likeness (QED) is 0.547. The van der Waals surface area contributed by atoms with Crippen molar-refractivity contribution in [2.45, 2.75) is 13.3 Å². The fourth-order valence-corrected chi connectivity index (χ4v) is 2.66. The summed E-state index contributed by atoms with van der Waals surface area (Å²) < 4.78 is 24.3. The molecule has 0 saturated carbocycles. The van der Waals surface area contributed by atoms with E-state index in [1.165, 1.54) is 19.1 Å². The molecule has 0 spiro atoms. The smallest absolute Gasteiger partial charge is 0.319 e. The minimum atomic E-state index is -0.588. The number of nitrogens with zero attached hydrogens (tertiary/aromatic N) is 1. The van der Waals surface area contributed by atoms with Crippen LogP contribution in [0.3, 0.4) is 0 Å². The molecule has 0 atom stereocenters. The summed E-state index contributed by atoms with van der Waals surface area (Å²) >= 11 is 0. The zero-order valence-electron chi connectivity index (χ0n) is 16.5. The fraction of sp³-hybridized carbons (Fsp3) is 0.190. The number of nitrogens with one attached hydrogen (secondary N) is 3. The van der Waals surface area contributed by atoms with E-state index >= 15 is 0 Å². The van der Waals surface area contributed by atoms with Gasteiger partial charge in [-0.2, -0.15) is 0 Å². The normalized spacial score (nSPS) is 10.4. The van der Waals surface area contributed by atoms with Gasteiger partial charge in [-0.15, -0.1) is 0 Å². The van der Waals surface area contributed by atoms with Gasteiger partial charge >= 0.3 is 6.03 Å². The summed E-state index contributed by atoms with van der Waals surface area (Å²) in [6.45, 7) is 1.59. The Labute approximate surface area is 172 Å². The zero-order chi connectivity index (χ0) is 21.5. The van der Waals surface area contributed by atoms with E-state index in [0.717, 1.165) is 17.4 Å². The van der Waals surface area contributed by atoms with Crippen molar-refractivity contribution in [3.05, 3.63) is 60.2 Å². The van der Waals surface area contributed by atoms with E-state index in [-0.39, 0.29) is 5.69 Å². The number of ether oxygens (including phenoxy) is 1. The second-order valence-corrected chi connectivity index (χ2v) is 6.38. The van der Waals surface area contributed by atoms with Crippen LogP contribution in [0.5, 0.6) is 5.75 Å². The lowest BCUT2D eigenvalue weighted by Gasteiger charge is -2.09. The van der Waals surface area contributed by atoms with E-state index < -0.39 is 17.8 Å². The van der Waals surface area contributed by atoms with Crippen LogP contribution in [-0.2, 0) is 11.2 Å². The first kappa shape index (κ1) is 20.8. The largest absolute Gasteiger partial charge is 0.497 e. The molecule has 0 aliphatic rings. The first-order chi connectivity index (χ1) is 14.4. The molecule has 9 heteroatoms. The number of rotatable bonds is 7. The number of oxazole rings is 1. The van der Waals surface area contributed by atoms with E-state index in [1.54, 1.807) is 13.4 Å². The second-order valence-electron chi connectivity index (χ2n) is 6.38. The van der Waals surface area contributed by atoms with Gasteiger partial charge in [-0.05, 0) is 42.5 Å². The minimum Gasteiger partial charge on any atom is -0.497 e. The lowest BCUT2D eigenvalue weighted by atomic mass is 10.2. The Morgan fingerprint density at radius 3 is 2.60 bits per heavy atom. The highest BCUT2D eigenvalue weighted by atomic mass is 19.1. The number of anilines is 2. The molecular formula is C21H21FN4O4. The van der Waals surface area contributed by atoms with Crippen LogP contribution in [0.25, 0.3) is 11.5 Å². The number of halogens is 1. The molecule has 0 aliphatic carbocycles. The number of urea groups is 1. The van der Waals surface area contributed by atoms with Crippen LogP contribution in [0.1, 0.15) is 12.6 Å². The van der Waals surface area contributed by atoms with Gasteiger partial charge in [-0.25, -0.2) is 14.2 Å². The van der Waals surface area contributed by atoms with Gasteiger partial charge in [-0.1, -0.05) is 0 Å². The standard InChI is InChI=1S/C21H21FN4O4/c1-13(27)24-19-11-15(5-8-18(19)22)26-21(28)23-10-9-16-12-30-20(25-16)14-3-6-17(29-2)7-4-14/h3-8,11-12H,9-10H2,1-2H3,(H,24,27)(H2,23,26,28). The average Bonchev–Trinajstić information content (AvgIpc) is 3.19. The number of benzene rings is 2. The monoisotopic (exact) mass is 412 g/mol. The van der Waals surface area contributed by atoms with E-state index in [9.17, 15) is 14.0 Å². The number of amides is 3. The Balaban J connectivity index is 1.50. The van der Waals surface area contributed by atoms with Gasteiger partial charge in [0, 0.05) is 31.1 Å². The summed E-state index contributed by atoms with van der Waals surface area (Å²) in [5.41, 5.74) is 1.85. The third-order valence-corrected chi connectivity index (χ3v) is 4.09. The maximum atomic E-state index is 13.7. The molecule has 0 aliphatic heterocycles. The highest BCUT2D eigenvalue weighted by Crippen LogP contribution is 2.22. The van der Waals surface area contributed by atoms with Gasteiger partial charge in [0.1, 0.15) is 17.8 Å². The Morgan fingerprint density at radius 1 is 1.13 bits per heavy atom. The molecule has 1 heterocycles. The predicted octanol–water partition coefficient (Wildman–Crippen LogP) is 3.81. The zero-order valence-corrected chi connectivity index (χ0v) is 16.5. The molecule has 0 unspecified atom stereocenters. The lowest BCUT2D eigenvalue weighted by molar-refractivity contribution is -0.114. The Hall–Kier alpha value is -3.88. The second kappa shape index (κ2) is 9.55. The molecule has 3 amide bonds. The minimum absolute atomic E-state index is 0.00559. The molecule has 156 valence electrons. The molecule has 3 N–H and O–H groups in total. The van der Waals surface area contributed by atoms with Crippen LogP contribution >= 0.6 is 0 Å². The Kier molecular flexibility index (Phi) is 6.63. The summed E-state index contributed by atoms with van der Waals surface area (Å²) in [6.07, 6.45) is 2.01. The van der Waals surface area contributed by atoms with E-state index in [1.807, 2.05) is 24.3 Å². The Morgan fingerprint density at radius 2 is 1.90 bits per heavy atom. The van der Waals surface area contributed by atoms with Crippen molar-refractivity contribution in [2.24, 2.45) is 0 Å². The molecule has 0 fully saturated rings. The third kappa shape index (κ3) is 5.57. The number of carbonyl (C=O) groups is 2. The fourth-order valence-electron chi connectivity index (χ4n) is 2.66.